The second-order valence-corrected chi connectivity index (χ2v) is 6.28. The van der Waals surface area contributed by atoms with Gasteiger partial charge in [0, 0.05) is 10.9 Å². The summed E-state index contributed by atoms with van der Waals surface area (Å²) < 4.78 is 39.8. The maximum Gasteiger partial charge on any atom is 0.416 e. The Bertz CT molecular complexity index is 931. The normalized spacial score (nSPS) is 11.7. The molecule has 9 heteroatoms. The number of hydrogen-bond acceptors (Lipinski definition) is 4. The molecule has 25 heavy (non-hydrogen) atoms. The van der Waals surface area contributed by atoms with Crippen LogP contribution in [0.15, 0.2) is 35.7 Å². The molecule has 0 amide bonds. The van der Waals surface area contributed by atoms with Crippen molar-refractivity contribution in [3.63, 3.8) is 0 Å². The van der Waals surface area contributed by atoms with E-state index in [1.54, 1.807) is 18.4 Å². The van der Waals surface area contributed by atoms with Crippen LogP contribution in [0.25, 0.3) is 11.3 Å². The Morgan fingerprint density at radius 2 is 2.08 bits per heavy atom. The van der Waals surface area contributed by atoms with Crippen molar-refractivity contribution < 1.29 is 23.1 Å². The summed E-state index contributed by atoms with van der Waals surface area (Å²) in [6.07, 6.45) is -4.42. The smallest absolute Gasteiger partial charge is 0.416 e. The number of aromatic carboxylic acids is 1. The molecule has 1 aromatic carbocycles. The number of carboxylic acids is 1. The Morgan fingerprint density at radius 3 is 2.76 bits per heavy atom. The van der Waals surface area contributed by atoms with Gasteiger partial charge in [-0.2, -0.15) is 18.3 Å². The molecule has 0 saturated heterocycles. The number of halogens is 3. The fraction of sp³-hybridized carbons (Fsp3) is 0.188. The third-order valence-electron chi connectivity index (χ3n) is 3.44. The largest absolute Gasteiger partial charge is 0.477 e. The highest BCUT2D eigenvalue weighted by Crippen LogP contribution is 2.32. The molecule has 2 heterocycles. The Kier molecular flexibility index (Phi) is 4.34. The minimum absolute atomic E-state index is 0.0355. The summed E-state index contributed by atoms with van der Waals surface area (Å²) in [6, 6.07) is 6.37. The van der Waals surface area contributed by atoms with Crippen LogP contribution in [0.1, 0.15) is 26.8 Å². The van der Waals surface area contributed by atoms with Crippen LogP contribution >= 0.6 is 11.3 Å². The summed E-state index contributed by atoms with van der Waals surface area (Å²) in [6.45, 7) is 1.82. The van der Waals surface area contributed by atoms with Crippen molar-refractivity contribution in [3.05, 3.63) is 57.7 Å². The second kappa shape index (κ2) is 6.32. The monoisotopic (exact) mass is 367 g/mol. The third kappa shape index (κ3) is 3.71. The number of thiazole rings is 1. The first-order valence-electron chi connectivity index (χ1n) is 7.14. The number of nitrogens with zero attached hydrogens (tertiary/aromatic N) is 3. The average molecular weight is 367 g/mol. The molecule has 5 nitrogen and oxygen atoms in total. The minimum atomic E-state index is -4.42. The number of aromatic nitrogens is 3. The molecule has 2 aromatic heterocycles. The van der Waals surface area contributed by atoms with E-state index in [2.05, 4.69) is 10.1 Å². The van der Waals surface area contributed by atoms with Gasteiger partial charge < -0.3 is 5.11 Å². The number of hydrogen-bond donors (Lipinski definition) is 1. The zero-order chi connectivity index (χ0) is 18.2. The molecule has 0 atom stereocenters. The predicted octanol–water partition coefficient (Wildman–Crippen LogP) is 4.08. The molecule has 0 aliphatic carbocycles. The maximum absolute atomic E-state index is 12.8. The lowest BCUT2D eigenvalue weighted by molar-refractivity contribution is -0.137. The number of alkyl halides is 3. The van der Waals surface area contributed by atoms with E-state index < -0.39 is 17.7 Å². The lowest BCUT2D eigenvalue weighted by Crippen LogP contribution is -2.10. The summed E-state index contributed by atoms with van der Waals surface area (Å²) in [4.78, 5) is 15.5. The van der Waals surface area contributed by atoms with E-state index in [0.29, 0.717) is 22.0 Å². The van der Waals surface area contributed by atoms with E-state index in [-0.39, 0.29) is 12.2 Å². The van der Waals surface area contributed by atoms with E-state index in [1.165, 1.54) is 28.2 Å². The Morgan fingerprint density at radius 1 is 1.32 bits per heavy atom. The van der Waals surface area contributed by atoms with Gasteiger partial charge in [0.1, 0.15) is 10.7 Å². The summed E-state index contributed by atoms with van der Waals surface area (Å²) in [5.74, 6) is -1.10. The summed E-state index contributed by atoms with van der Waals surface area (Å²) in [7, 11) is 0. The van der Waals surface area contributed by atoms with Gasteiger partial charge >= 0.3 is 12.1 Å². The van der Waals surface area contributed by atoms with Gasteiger partial charge in [0.25, 0.3) is 0 Å². The standard InChI is InChI=1S/C16H12F3N3O2S/c1-9-5-13(15(23)24)22(21-9)7-14-20-12(8-25-14)10-3-2-4-11(6-10)16(17,18)19/h2-6,8H,7H2,1H3,(H,23,24). The van der Waals surface area contributed by atoms with Crippen molar-refractivity contribution in [2.24, 2.45) is 0 Å². The van der Waals surface area contributed by atoms with E-state index in [1.807, 2.05) is 0 Å². The number of carboxylic acid groups (broad SMARTS) is 1. The first-order chi connectivity index (χ1) is 11.7. The van der Waals surface area contributed by atoms with Gasteiger partial charge in [-0.3, -0.25) is 4.68 Å². The highest BCUT2D eigenvalue weighted by atomic mass is 32.1. The fourth-order valence-corrected chi connectivity index (χ4v) is 3.12. The molecule has 0 radical (unpaired) electrons. The van der Waals surface area contributed by atoms with Crippen LogP contribution in [0.3, 0.4) is 0 Å². The predicted molar refractivity (Wildman–Crippen MR) is 85.6 cm³/mol. The lowest BCUT2D eigenvalue weighted by atomic mass is 10.1. The average Bonchev–Trinajstić information content (AvgIpc) is 3.14. The number of benzene rings is 1. The van der Waals surface area contributed by atoms with Crippen molar-refractivity contribution in [1.82, 2.24) is 14.8 Å². The van der Waals surface area contributed by atoms with E-state index in [4.69, 9.17) is 5.11 Å². The summed E-state index contributed by atoms with van der Waals surface area (Å²) >= 11 is 1.24. The highest BCUT2D eigenvalue weighted by Gasteiger charge is 2.30. The topological polar surface area (TPSA) is 68.0 Å². The molecule has 3 rings (SSSR count). The molecular weight excluding hydrogens is 355 g/mol. The Hall–Kier alpha value is -2.68. The van der Waals surface area contributed by atoms with Gasteiger partial charge in [0.2, 0.25) is 0 Å². The molecule has 1 N–H and O–H groups in total. The molecular formula is C16H12F3N3O2S. The van der Waals surface area contributed by atoms with Crippen LogP contribution in [-0.2, 0) is 12.7 Å². The molecule has 0 aliphatic heterocycles. The Balaban J connectivity index is 1.88. The minimum Gasteiger partial charge on any atom is -0.477 e. The quantitative estimate of drug-likeness (QED) is 0.754. The highest BCUT2D eigenvalue weighted by molar-refractivity contribution is 7.09. The van der Waals surface area contributed by atoms with Crippen molar-refractivity contribution >= 4 is 17.3 Å². The van der Waals surface area contributed by atoms with Crippen LogP contribution in [0, 0.1) is 6.92 Å². The Labute approximate surface area is 144 Å². The molecule has 3 aromatic rings. The molecule has 130 valence electrons. The second-order valence-electron chi connectivity index (χ2n) is 5.34. The molecule has 0 aliphatic rings. The fourth-order valence-electron chi connectivity index (χ4n) is 2.34. The van der Waals surface area contributed by atoms with Crippen LogP contribution in [0.5, 0.6) is 0 Å². The van der Waals surface area contributed by atoms with Crippen LogP contribution < -0.4 is 0 Å². The first kappa shape index (κ1) is 17.2. The van der Waals surface area contributed by atoms with Gasteiger partial charge in [0.15, 0.2) is 0 Å². The van der Waals surface area contributed by atoms with Gasteiger partial charge in [-0.05, 0) is 25.1 Å². The van der Waals surface area contributed by atoms with Gasteiger partial charge in [-0.15, -0.1) is 11.3 Å². The molecule has 0 fully saturated rings. The SMILES string of the molecule is Cc1cc(C(=O)O)n(Cc2nc(-c3cccc(C(F)(F)F)c3)cs2)n1. The number of rotatable bonds is 4. The molecule has 0 saturated carbocycles. The molecule has 0 spiro atoms. The van der Waals surface area contributed by atoms with Crippen LogP contribution in [0.2, 0.25) is 0 Å². The number of aryl methyl sites for hydroxylation is 1. The maximum atomic E-state index is 12.8. The summed E-state index contributed by atoms with van der Waals surface area (Å²) in [5, 5.41) is 15.5. The molecule has 0 bridgehead atoms. The summed E-state index contributed by atoms with van der Waals surface area (Å²) in [5.41, 5.74) is 0.620. The van der Waals surface area contributed by atoms with Crippen molar-refractivity contribution in [3.8, 4) is 11.3 Å². The van der Waals surface area contributed by atoms with Crippen molar-refractivity contribution in [2.45, 2.75) is 19.6 Å². The van der Waals surface area contributed by atoms with E-state index >= 15 is 0 Å². The lowest BCUT2D eigenvalue weighted by Gasteiger charge is -2.07. The van der Waals surface area contributed by atoms with Gasteiger partial charge in [0.05, 0.1) is 23.5 Å². The third-order valence-corrected chi connectivity index (χ3v) is 4.28. The van der Waals surface area contributed by atoms with Crippen molar-refractivity contribution in [2.75, 3.05) is 0 Å². The number of carbonyl (C=O) groups is 1. The zero-order valence-corrected chi connectivity index (χ0v) is 13.7. The van der Waals surface area contributed by atoms with Gasteiger partial charge in [-0.1, -0.05) is 12.1 Å². The van der Waals surface area contributed by atoms with Crippen LogP contribution in [-0.4, -0.2) is 25.8 Å². The van der Waals surface area contributed by atoms with E-state index in [0.717, 1.165) is 12.1 Å². The van der Waals surface area contributed by atoms with E-state index in [9.17, 15) is 18.0 Å². The van der Waals surface area contributed by atoms with Crippen LogP contribution in [0.4, 0.5) is 13.2 Å². The van der Waals surface area contributed by atoms with Crippen molar-refractivity contribution in [1.29, 1.82) is 0 Å². The first-order valence-corrected chi connectivity index (χ1v) is 8.02. The molecule has 0 unspecified atom stereocenters. The van der Waals surface area contributed by atoms with Gasteiger partial charge in [-0.25, -0.2) is 9.78 Å². The zero-order valence-electron chi connectivity index (χ0n) is 12.9.